The average molecular weight is 208 g/mol. The number of rotatable bonds is 3. The highest BCUT2D eigenvalue weighted by molar-refractivity contribution is 5.29. The Morgan fingerprint density at radius 2 is 2.13 bits per heavy atom. The van der Waals surface area contributed by atoms with Crippen molar-refractivity contribution in [3.05, 3.63) is 46.8 Å². The molecule has 2 nitrogen and oxygen atoms in total. The minimum Gasteiger partial charge on any atom is -0.271 e. The molecule has 1 aromatic rings. The Hall–Kier alpha value is -1.19. The van der Waals surface area contributed by atoms with Gasteiger partial charge in [-0.25, -0.2) is 9.82 Å². The highest BCUT2D eigenvalue weighted by Gasteiger charge is 2.07. The maximum atomic E-state index is 13.1. The maximum absolute atomic E-state index is 13.1. The van der Waals surface area contributed by atoms with E-state index in [1.807, 2.05) is 19.9 Å². The van der Waals surface area contributed by atoms with Crippen molar-refractivity contribution in [2.45, 2.75) is 26.8 Å². The van der Waals surface area contributed by atoms with E-state index < -0.39 is 0 Å². The summed E-state index contributed by atoms with van der Waals surface area (Å²) in [6.45, 7) is 5.75. The molecule has 0 amide bonds. The topological polar surface area (TPSA) is 38.0 Å². The van der Waals surface area contributed by atoms with Gasteiger partial charge in [-0.1, -0.05) is 23.8 Å². The van der Waals surface area contributed by atoms with Gasteiger partial charge in [0.25, 0.3) is 0 Å². The smallest absolute Gasteiger partial charge is 0.126 e. The molecular weight excluding hydrogens is 191 g/mol. The summed E-state index contributed by atoms with van der Waals surface area (Å²) in [6, 6.07) is 4.95. The number of hydrogen-bond acceptors (Lipinski definition) is 2. The third kappa shape index (κ3) is 3.15. The summed E-state index contributed by atoms with van der Waals surface area (Å²) < 4.78 is 13.1. The highest BCUT2D eigenvalue weighted by atomic mass is 19.1. The lowest BCUT2D eigenvalue weighted by atomic mass is 10.0. The van der Waals surface area contributed by atoms with E-state index in [0.29, 0.717) is 5.56 Å². The van der Waals surface area contributed by atoms with Gasteiger partial charge in [0.15, 0.2) is 0 Å². The quantitative estimate of drug-likeness (QED) is 0.455. The first-order valence-electron chi connectivity index (χ1n) is 4.92. The second-order valence-corrected chi connectivity index (χ2v) is 3.90. The molecule has 1 rings (SSSR count). The standard InChI is InChI=1S/C12H17FN2/c1-8(2)6-12(15-14)10-4-5-11(13)9(3)7-10/h4-7,12,15H,14H2,1-3H3. The summed E-state index contributed by atoms with van der Waals surface area (Å²) in [7, 11) is 0. The number of allylic oxidation sites excluding steroid dienone is 1. The summed E-state index contributed by atoms with van der Waals surface area (Å²) >= 11 is 0. The van der Waals surface area contributed by atoms with E-state index in [-0.39, 0.29) is 11.9 Å². The number of benzene rings is 1. The van der Waals surface area contributed by atoms with Gasteiger partial charge in [0.2, 0.25) is 0 Å². The van der Waals surface area contributed by atoms with Crippen LogP contribution in [0.4, 0.5) is 4.39 Å². The zero-order valence-corrected chi connectivity index (χ0v) is 9.34. The SMILES string of the molecule is CC(C)=CC(NN)c1ccc(F)c(C)c1. The van der Waals surface area contributed by atoms with E-state index >= 15 is 0 Å². The molecular formula is C12H17FN2. The Labute approximate surface area is 90.0 Å². The van der Waals surface area contributed by atoms with Gasteiger partial charge in [-0.05, 0) is 38.0 Å². The van der Waals surface area contributed by atoms with E-state index in [0.717, 1.165) is 5.56 Å². The van der Waals surface area contributed by atoms with Gasteiger partial charge < -0.3 is 0 Å². The minimum atomic E-state index is -0.188. The predicted molar refractivity (Wildman–Crippen MR) is 60.6 cm³/mol. The third-order valence-corrected chi connectivity index (χ3v) is 2.22. The van der Waals surface area contributed by atoms with Crippen LogP contribution in [0.15, 0.2) is 29.8 Å². The van der Waals surface area contributed by atoms with Gasteiger partial charge in [-0.2, -0.15) is 0 Å². The first kappa shape index (κ1) is 11.9. The molecule has 3 heteroatoms. The molecule has 0 saturated heterocycles. The molecule has 15 heavy (non-hydrogen) atoms. The van der Waals surface area contributed by atoms with Crippen molar-refractivity contribution in [3.8, 4) is 0 Å². The van der Waals surface area contributed by atoms with Crippen LogP contribution in [0.5, 0.6) is 0 Å². The number of hydrogen-bond donors (Lipinski definition) is 2. The number of halogens is 1. The van der Waals surface area contributed by atoms with Crippen molar-refractivity contribution in [2.24, 2.45) is 5.84 Å². The van der Waals surface area contributed by atoms with Gasteiger partial charge in [-0.3, -0.25) is 5.84 Å². The van der Waals surface area contributed by atoms with Gasteiger partial charge in [0.05, 0.1) is 6.04 Å². The van der Waals surface area contributed by atoms with Crippen molar-refractivity contribution in [1.82, 2.24) is 5.43 Å². The number of nitrogens with two attached hydrogens (primary N) is 1. The van der Waals surface area contributed by atoms with Crippen molar-refractivity contribution in [2.75, 3.05) is 0 Å². The molecule has 1 atom stereocenters. The molecule has 82 valence electrons. The molecule has 0 bridgehead atoms. The lowest BCUT2D eigenvalue weighted by Crippen LogP contribution is -2.26. The van der Waals surface area contributed by atoms with Crippen LogP contribution in [0.25, 0.3) is 0 Å². The van der Waals surface area contributed by atoms with Crippen LogP contribution in [-0.4, -0.2) is 0 Å². The van der Waals surface area contributed by atoms with Crippen molar-refractivity contribution in [1.29, 1.82) is 0 Å². The van der Waals surface area contributed by atoms with E-state index in [2.05, 4.69) is 5.43 Å². The monoisotopic (exact) mass is 208 g/mol. The predicted octanol–water partition coefficient (Wildman–Crippen LogP) is 2.60. The first-order chi connectivity index (χ1) is 7.04. The van der Waals surface area contributed by atoms with E-state index in [1.54, 1.807) is 19.1 Å². The van der Waals surface area contributed by atoms with Crippen LogP contribution in [0.3, 0.4) is 0 Å². The van der Waals surface area contributed by atoms with Crippen LogP contribution in [0.1, 0.15) is 31.0 Å². The highest BCUT2D eigenvalue weighted by Crippen LogP contribution is 2.18. The molecule has 0 radical (unpaired) electrons. The normalized spacial score (nSPS) is 12.3. The third-order valence-electron chi connectivity index (χ3n) is 2.22. The molecule has 1 unspecified atom stereocenters. The number of hydrazine groups is 1. The molecule has 0 aliphatic heterocycles. The number of aryl methyl sites for hydroxylation is 1. The lowest BCUT2D eigenvalue weighted by Gasteiger charge is -2.13. The van der Waals surface area contributed by atoms with E-state index in [1.165, 1.54) is 11.6 Å². The van der Waals surface area contributed by atoms with Crippen molar-refractivity contribution < 1.29 is 4.39 Å². The van der Waals surface area contributed by atoms with E-state index in [4.69, 9.17) is 5.84 Å². The zero-order chi connectivity index (χ0) is 11.4. The molecule has 0 fully saturated rings. The van der Waals surface area contributed by atoms with E-state index in [9.17, 15) is 4.39 Å². The summed E-state index contributed by atoms with van der Waals surface area (Å²) in [4.78, 5) is 0. The first-order valence-corrected chi connectivity index (χ1v) is 4.92. The Kier molecular flexibility index (Phi) is 4.00. The Morgan fingerprint density at radius 1 is 1.47 bits per heavy atom. The van der Waals surface area contributed by atoms with Crippen LogP contribution >= 0.6 is 0 Å². The molecule has 0 heterocycles. The fraction of sp³-hybridized carbons (Fsp3) is 0.333. The minimum absolute atomic E-state index is 0.0608. The molecule has 0 aliphatic rings. The largest absolute Gasteiger partial charge is 0.271 e. The average Bonchev–Trinajstić information content (AvgIpc) is 2.18. The van der Waals surface area contributed by atoms with Crippen LogP contribution < -0.4 is 11.3 Å². The Morgan fingerprint density at radius 3 is 2.60 bits per heavy atom. The lowest BCUT2D eigenvalue weighted by molar-refractivity contribution is 0.611. The second-order valence-electron chi connectivity index (χ2n) is 3.90. The fourth-order valence-corrected chi connectivity index (χ4v) is 1.44. The summed E-state index contributed by atoms with van der Waals surface area (Å²) in [6.07, 6.45) is 2.01. The zero-order valence-electron chi connectivity index (χ0n) is 9.34. The molecule has 0 spiro atoms. The summed E-state index contributed by atoms with van der Waals surface area (Å²) in [5, 5.41) is 0. The van der Waals surface area contributed by atoms with Gasteiger partial charge in [-0.15, -0.1) is 0 Å². The Bertz CT molecular complexity index is 368. The molecule has 0 aromatic heterocycles. The van der Waals surface area contributed by atoms with Crippen LogP contribution in [-0.2, 0) is 0 Å². The summed E-state index contributed by atoms with van der Waals surface area (Å²) in [5.41, 5.74) is 5.47. The van der Waals surface area contributed by atoms with Gasteiger partial charge >= 0.3 is 0 Å². The molecule has 0 saturated carbocycles. The maximum Gasteiger partial charge on any atom is 0.126 e. The van der Waals surface area contributed by atoms with Crippen molar-refractivity contribution in [3.63, 3.8) is 0 Å². The van der Waals surface area contributed by atoms with Gasteiger partial charge in [0, 0.05) is 0 Å². The second kappa shape index (κ2) is 5.05. The fourth-order valence-electron chi connectivity index (χ4n) is 1.44. The van der Waals surface area contributed by atoms with Crippen LogP contribution in [0.2, 0.25) is 0 Å². The Balaban J connectivity index is 3.03. The summed E-state index contributed by atoms with van der Waals surface area (Å²) in [5.74, 6) is 5.26. The van der Waals surface area contributed by atoms with Crippen LogP contribution in [0, 0.1) is 12.7 Å². The van der Waals surface area contributed by atoms with Gasteiger partial charge in [0.1, 0.15) is 5.82 Å². The molecule has 3 N–H and O–H groups in total. The number of nitrogens with one attached hydrogen (secondary N) is 1. The van der Waals surface area contributed by atoms with Crippen molar-refractivity contribution >= 4 is 0 Å². The molecule has 0 aliphatic carbocycles. The molecule has 1 aromatic carbocycles.